The fourth-order valence-corrected chi connectivity index (χ4v) is 3.70. The number of halogens is 1. The lowest BCUT2D eigenvalue weighted by Gasteiger charge is -2.15. The largest absolute Gasteiger partial charge is 0.242 e. The van der Waals surface area contributed by atoms with Gasteiger partial charge in [0.15, 0.2) is 0 Å². The van der Waals surface area contributed by atoms with Crippen LogP contribution in [0.3, 0.4) is 0 Å². The molecule has 1 aliphatic heterocycles. The van der Waals surface area contributed by atoms with E-state index in [1.165, 1.54) is 0 Å². The quantitative estimate of drug-likeness (QED) is 0.828. The molecular weight excluding hydrogens is 350 g/mol. The van der Waals surface area contributed by atoms with Crippen molar-refractivity contribution in [1.29, 1.82) is 0 Å². The van der Waals surface area contributed by atoms with Crippen LogP contribution < -0.4 is 4.72 Å². The highest BCUT2D eigenvalue weighted by Crippen LogP contribution is 2.37. The van der Waals surface area contributed by atoms with Gasteiger partial charge in [-0.15, -0.1) is 0 Å². The Kier molecular flexibility index (Phi) is 4.54. The van der Waals surface area contributed by atoms with Crippen molar-refractivity contribution < 1.29 is 8.42 Å². The van der Waals surface area contributed by atoms with Crippen LogP contribution in [0.2, 0.25) is 0 Å². The van der Waals surface area contributed by atoms with Crippen molar-refractivity contribution in [2.75, 3.05) is 6.54 Å². The van der Waals surface area contributed by atoms with E-state index in [1.807, 2.05) is 13.8 Å². The third-order valence-electron chi connectivity index (χ3n) is 2.73. The van der Waals surface area contributed by atoms with Crippen molar-refractivity contribution in [2.45, 2.75) is 23.6 Å². The number of benzene rings is 1. The van der Waals surface area contributed by atoms with E-state index in [9.17, 15) is 8.42 Å². The van der Waals surface area contributed by atoms with Crippen LogP contribution in [0.4, 0.5) is 11.4 Å². The Labute approximate surface area is 124 Å². The van der Waals surface area contributed by atoms with E-state index in [0.29, 0.717) is 23.8 Å². The second-order valence-electron chi connectivity index (χ2n) is 4.50. The number of nitrogens with one attached hydrogen (secondary N) is 1. The van der Waals surface area contributed by atoms with Gasteiger partial charge in [0.05, 0.1) is 11.4 Å². The van der Waals surface area contributed by atoms with Gasteiger partial charge in [-0.05, 0) is 18.1 Å². The molecule has 1 unspecified atom stereocenters. The Morgan fingerprint density at radius 1 is 1.37 bits per heavy atom. The Morgan fingerprint density at radius 2 is 2.11 bits per heavy atom. The minimum absolute atomic E-state index is 0.0926. The summed E-state index contributed by atoms with van der Waals surface area (Å²) in [7, 11) is -3.56. The summed E-state index contributed by atoms with van der Waals surface area (Å²) in [6.45, 7) is 4.39. The van der Waals surface area contributed by atoms with Gasteiger partial charge in [-0.1, -0.05) is 35.8 Å². The molecule has 19 heavy (non-hydrogen) atoms. The molecule has 1 aliphatic rings. The van der Waals surface area contributed by atoms with Crippen molar-refractivity contribution in [3.63, 3.8) is 0 Å². The van der Waals surface area contributed by atoms with Gasteiger partial charge in [0.1, 0.15) is 16.3 Å². The first kappa shape index (κ1) is 14.8. The molecule has 0 bridgehead atoms. The minimum atomic E-state index is -3.56. The molecule has 0 amide bonds. The Morgan fingerprint density at radius 3 is 2.79 bits per heavy atom. The lowest BCUT2D eigenvalue weighted by molar-refractivity contribution is 0.563. The predicted molar refractivity (Wildman–Crippen MR) is 80.7 cm³/mol. The van der Waals surface area contributed by atoms with Gasteiger partial charge >= 0.3 is 0 Å². The molecule has 104 valence electrons. The van der Waals surface area contributed by atoms with Crippen molar-refractivity contribution in [2.24, 2.45) is 14.6 Å². The maximum atomic E-state index is 12.3. The maximum absolute atomic E-state index is 12.3. The predicted octanol–water partition coefficient (Wildman–Crippen LogP) is 3.11. The number of hydrogen-bond acceptors (Lipinski definition) is 4. The summed E-state index contributed by atoms with van der Waals surface area (Å²) >= 11 is 4.47. The highest BCUT2D eigenvalue weighted by Gasteiger charge is 2.23. The number of alkyl halides is 1. The van der Waals surface area contributed by atoms with Gasteiger partial charge in [-0.25, -0.2) is 13.1 Å². The molecule has 0 saturated heterocycles. The summed E-state index contributed by atoms with van der Waals surface area (Å²) in [4.78, 5) is 0.275. The molecule has 2 rings (SSSR count). The monoisotopic (exact) mass is 363 g/mol. The van der Waals surface area contributed by atoms with Gasteiger partial charge in [0, 0.05) is 11.4 Å². The van der Waals surface area contributed by atoms with Crippen LogP contribution in [-0.4, -0.2) is 19.8 Å². The number of nitrogens with zero attached hydrogens (tertiary/aromatic N) is 2. The molecular formula is C11H14BrN3O2S2. The van der Waals surface area contributed by atoms with E-state index >= 15 is 0 Å². The maximum Gasteiger partial charge on any atom is 0.242 e. The summed E-state index contributed by atoms with van der Waals surface area (Å²) in [5.41, 5.74) is 1.03. The van der Waals surface area contributed by atoms with E-state index < -0.39 is 10.0 Å². The zero-order chi connectivity index (χ0) is 14.0. The molecule has 0 saturated carbocycles. The number of rotatable bonds is 5. The lowest BCUT2D eigenvalue weighted by Crippen LogP contribution is -2.31. The molecule has 8 heteroatoms. The topological polar surface area (TPSA) is 70.9 Å². The Bertz CT molecular complexity index is 652. The molecule has 1 heterocycles. The fraction of sp³-hybridized carbons (Fsp3) is 0.455. The average molecular weight is 364 g/mol. The summed E-state index contributed by atoms with van der Waals surface area (Å²) in [6, 6.07) is 4.97. The van der Waals surface area contributed by atoms with Crippen LogP contribution in [0, 0.1) is 5.92 Å². The average Bonchev–Trinajstić information content (AvgIpc) is 2.83. The van der Waals surface area contributed by atoms with Crippen LogP contribution in [0.15, 0.2) is 31.8 Å². The SMILES string of the molecule is CC(C)C(Br)CNS(=O)(=O)c1cccc2c1N=S=N2. The highest BCUT2D eigenvalue weighted by atomic mass is 79.9. The minimum Gasteiger partial charge on any atom is -0.210 e. The molecule has 0 fully saturated rings. The van der Waals surface area contributed by atoms with Crippen LogP contribution in [-0.2, 0) is 21.4 Å². The zero-order valence-corrected chi connectivity index (χ0v) is 13.7. The van der Waals surface area contributed by atoms with Gasteiger partial charge in [0.2, 0.25) is 10.0 Å². The molecule has 0 aromatic heterocycles. The van der Waals surface area contributed by atoms with Crippen molar-refractivity contribution in [1.82, 2.24) is 4.72 Å². The summed E-state index contributed by atoms with van der Waals surface area (Å²) in [5, 5.41) is 0. The van der Waals surface area contributed by atoms with Crippen LogP contribution in [0.5, 0.6) is 0 Å². The first-order valence-electron chi connectivity index (χ1n) is 5.77. The summed E-state index contributed by atoms with van der Waals surface area (Å²) < 4.78 is 35.2. The van der Waals surface area contributed by atoms with E-state index in [0.717, 1.165) is 11.4 Å². The summed E-state index contributed by atoms with van der Waals surface area (Å²) in [5.74, 6) is 0.347. The first-order valence-corrected chi connectivity index (χ1v) is 8.90. The molecule has 0 spiro atoms. The summed E-state index contributed by atoms with van der Waals surface area (Å²) in [6.07, 6.45) is 0. The second-order valence-corrected chi connectivity index (χ2v) is 7.94. The van der Waals surface area contributed by atoms with E-state index in [-0.39, 0.29) is 9.72 Å². The smallest absolute Gasteiger partial charge is 0.210 e. The molecule has 0 aliphatic carbocycles. The van der Waals surface area contributed by atoms with Gasteiger partial charge in [0.25, 0.3) is 0 Å². The third-order valence-corrected chi connectivity index (χ3v) is 6.11. The van der Waals surface area contributed by atoms with Crippen molar-refractivity contribution >= 4 is 48.7 Å². The first-order chi connectivity index (χ1) is 8.92. The van der Waals surface area contributed by atoms with Gasteiger partial charge < -0.3 is 0 Å². The second kappa shape index (κ2) is 5.82. The molecule has 1 aromatic rings. The van der Waals surface area contributed by atoms with Crippen LogP contribution in [0.1, 0.15) is 13.8 Å². The van der Waals surface area contributed by atoms with E-state index in [1.54, 1.807) is 18.2 Å². The van der Waals surface area contributed by atoms with Crippen molar-refractivity contribution in [3.8, 4) is 0 Å². The van der Waals surface area contributed by atoms with E-state index in [4.69, 9.17) is 0 Å². The van der Waals surface area contributed by atoms with Crippen molar-refractivity contribution in [3.05, 3.63) is 18.2 Å². The zero-order valence-electron chi connectivity index (χ0n) is 10.5. The highest BCUT2D eigenvalue weighted by molar-refractivity contribution is 9.09. The van der Waals surface area contributed by atoms with Gasteiger partial charge in [-0.3, -0.25) is 0 Å². The fourth-order valence-electron chi connectivity index (χ4n) is 1.50. The van der Waals surface area contributed by atoms with Crippen LogP contribution in [0.25, 0.3) is 0 Å². The van der Waals surface area contributed by atoms with Crippen LogP contribution >= 0.6 is 15.9 Å². The molecule has 0 radical (unpaired) electrons. The Balaban J connectivity index is 2.22. The number of hydrogen-bond donors (Lipinski definition) is 1. The third kappa shape index (κ3) is 3.31. The van der Waals surface area contributed by atoms with E-state index in [2.05, 4.69) is 29.4 Å². The lowest BCUT2D eigenvalue weighted by atomic mass is 10.1. The molecule has 5 nitrogen and oxygen atoms in total. The number of fused-ring (bicyclic) bond motifs is 1. The molecule has 1 atom stereocenters. The standard InChI is InChI=1S/C11H14BrN3O2S2/c1-7(2)8(12)6-13-19(16,17)10-5-3-4-9-11(10)15-18-14-9/h3-5,7-8,13H,6H2,1-2H3. The Hall–Kier alpha value is -0.570. The van der Waals surface area contributed by atoms with Gasteiger partial charge in [-0.2, -0.15) is 8.73 Å². The molecule has 1 aromatic carbocycles. The molecule has 1 N–H and O–H groups in total. The normalized spacial score (nSPS) is 15.4. The number of sulfonamides is 1.